The van der Waals surface area contributed by atoms with Crippen LogP contribution in [0.3, 0.4) is 0 Å². The molecule has 1 rings (SSSR count). The lowest BCUT2D eigenvalue weighted by Gasteiger charge is -2.09. The van der Waals surface area contributed by atoms with Crippen LogP contribution in [0.5, 0.6) is 0 Å². The molecule has 0 aliphatic heterocycles. The van der Waals surface area contributed by atoms with Crippen molar-refractivity contribution in [3.63, 3.8) is 0 Å². The van der Waals surface area contributed by atoms with Crippen LogP contribution in [-0.2, 0) is 0 Å². The summed E-state index contributed by atoms with van der Waals surface area (Å²) >= 11 is 0. The van der Waals surface area contributed by atoms with Crippen molar-refractivity contribution in [2.75, 3.05) is 0 Å². The van der Waals surface area contributed by atoms with Crippen LogP contribution >= 0.6 is 0 Å². The van der Waals surface area contributed by atoms with Crippen molar-refractivity contribution in [2.45, 2.75) is 12.5 Å². The van der Waals surface area contributed by atoms with Crippen LogP contribution in [0, 0.1) is 0 Å². The molecule has 4 nitrogen and oxygen atoms in total. The maximum atomic E-state index is 8.34. The van der Waals surface area contributed by atoms with Crippen molar-refractivity contribution < 1.29 is 5.21 Å². The van der Waals surface area contributed by atoms with E-state index in [0.29, 0.717) is 6.42 Å². The van der Waals surface area contributed by atoms with Gasteiger partial charge in [0.2, 0.25) is 0 Å². The molecule has 0 saturated heterocycles. The summed E-state index contributed by atoms with van der Waals surface area (Å²) in [5.74, 6) is 0.149. The summed E-state index contributed by atoms with van der Waals surface area (Å²) in [4.78, 5) is 0. The molecule has 1 atom stereocenters. The predicted octanol–water partition coefficient (Wildman–Crippen LogP) is 0.823. The Balaban J connectivity index is 2.64. The topological polar surface area (TPSA) is 84.6 Å². The Morgan fingerprint density at radius 2 is 2.00 bits per heavy atom. The molecular weight excluding hydrogens is 166 g/mol. The highest BCUT2D eigenvalue weighted by Gasteiger charge is 2.06. The molecule has 0 saturated carbocycles. The minimum absolute atomic E-state index is 0.149. The van der Waals surface area contributed by atoms with Crippen molar-refractivity contribution in [3.8, 4) is 0 Å². The van der Waals surface area contributed by atoms with Gasteiger partial charge in [-0.3, -0.25) is 0 Å². The number of rotatable bonds is 3. The predicted molar refractivity (Wildman–Crippen MR) is 51.4 cm³/mol. The highest BCUT2D eigenvalue weighted by molar-refractivity contribution is 5.80. The van der Waals surface area contributed by atoms with E-state index in [-0.39, 0.29) is 11.9 Å². The lowest BCUT2D eigenvalue weighted by Crippen LogP contribution is -2.21. The molecule has 0 radical (unpaired) electrons. The summed E-state index contributed by atoms with van der Waals surface area (Å²) in [6.45, 7) is 0. The van der Waals surface area contributed by atoms with Gasteiger partial charge < -0.3 is 16.7 Å². The van der Waals surface area contributed by atoms with Gasteiger partial charge in [-0.1, -0.05) is 35.5 Å². The van der Waals surface area contributed by atoms with Crippen LogP contribution in [0.4, 0.5) is 0 Å². The van der Waals surface area contributed by atoms with E-state index in [0.717, 1.165) is 5.56 Å². The second-order valence-electron chi connectivity index (χ2n) is 2.81. The molecule has 0 amide bonds. The van der Waals surface area contributed by atoms with Crippen molar-refractivity contribution in [1.29, 1.82) is 0 Å². The fourth-order valence-electron chi connectivity index (χ4n) is 1.08. The van der Waals surface area contributed by atoms with Gasteiger partial charge in [-0.15, -0.1) is 0 Å². The number of nitrogens with zero attached hydrogens (tertiary/aromatic N) is 1. The molecule has 4 heteroatoms. The van der Waals surface area contributed by atoms with Crippen LogP contribution in [-0.4, -0.2) is 11.0 Å². The molecule has 0 aliphatic carbocycles. The Morgan fingerprint density at radius 3 is 2.54 bits per heavy atom. The number of oxime groups is 1. The minimum atomic E-state index is -0.211. The van der Waals surface area contributed by atoms with E-state index in [1.165, 1.54) is 0 Å². The lowest BCUT2D eigenvalue weighted by atomic mass is 10.0. The van der Waals surface area contributed by atoms with E-state index in [9.17, 15) is 0 Å². The molecule has 1 aromatic rings. The van der Waals surface area contributed by atoms with E-state index in [2.05, 4.69) is 5.16 Å². The Kier molecular flexibility index (Phi) is 3.28. The maximum absolute atomic E-state index is 8.34. The van der Waals surface area contributed by atoms with E-state index < -0.39 is 0 Å². The van der Waals surface area contributed by atoms with Crippen molar-refractivity contribution in [2.24, 2.45) is 16.6 Å². The molecule has 5 N–H and O–H groups in total. The lowest BCUT2D eigenvalue weighted by molar-refractivity contribution is 0.316. The highest BCUT2D eigenvalue weighted by atomic mass is 16.4. The Hall–Kier alpha value is -1.55. The van der Waals surface area contributed by atoms with Crippen molar-refractivity contribution >= 4 is 5.84 Å². The summed E-state index contributed by atoms with van der Waals surface area (Å²) in [5.41, 5.74) is 12.1. The zero-order chi connectivity index (χ0) is 9.68. The fraction of sp³-hybridized carbons (Fsp3) is 0.222. The first-order valence-electron chi connectivity index (χ1n) is 4.01. The molecule has 0 aliphatic rings. The highest BCUT2D eigenvalue weighted by Crippen LogP contribution is 2.12. The standard InChI is InChI=1S/C9H13N3O/c10-8(6-9(11)12-13)7-4-2-1-3-5-7/h1-5,8,13H,6,10H2,(H2,11,12). The van der Waals surface area contributed by atoms with Gasteiger partial charge in [-0.2, -0.15) is 0 Å². The summed E-state index contributed by atoms with van der Waals surface area (Å²) in [5, 5.41) is 11.2. The van der Waals surface area contributed by atoms with Crippen molar-refractivity contribution in [3.05, 3.63) is 35.9 Å². The Bertz CT molecular complexity index is 284. The first-order chi connectivity index (χ1) is 6.24. The molecule has 13 heavy (non-hydrogen) atoms. The SMILES string of the molecule is N/C(CC(N)c1ccccc1)=N\O. The third-order valence-corrected chi connectivity index (χ3v) is 1.79. The Labute approximate surface area is 76.8 Å². The number of hydrogen-bond acceptors (Lipinski definition) is 3. The first-order valence-corrected chi connectivity index (χ1v) is 4.01. The summed E-state index contributed by atoms with van der Waals surface area (Å²) in [7, 11) is 0. The normalized spacial score (nSPS) is 14.1. The maximum Gasteiger partial charge on any atom is 0.141 e. The largest absolute Gasteiger partial charge is 0.409 e. The molecule has 0 bridgehead atoms. The van der Waals surface area contributed by atoms with E-state index in [4.69, 9.17) is 16.7 Å². The van der Waals surface area contributed by atoms with Crippen LogP contribution in [0.15, 0.2) is 35.5 Å². The fourth-order valence-corrected chi connectivity index (χ4v) is 1.08. The summed E-state index contributed by atoms with van der Waals surface area (Å²) in [6, 6.07) is 9.34. The van der Waals surface area contributed by atoms with Gasteiger partial charge in [0.25, 0.3) is 0 Å². The van der Waals surface area contributed by atoms with Gasteiger partial charge in [-0.25, -0.2) is 0 Å². The smallest absolute Gasteiger partial charge is 0.141 e. The van der Waals surface area contributed by atoms with Gasteiger partial charge >= 0.3 is 0 Å². The van der Waals surface area contributed by atoms with Crippen LogP contribution in [0.1, 0.15) is 18.0 Å². The van der Waals surface area contributed by atoms with Gasteiger partial charge in [0, 0.05) is 12.5 Å². The molecule has 0 aromatic heterocycles. The monoisotopic (exact) mass is 179 g/mol. The van der Waals surface area contributed by atoms with Crippen molar-refractivity contribution in [1.82, 2.24) is 0 Å². The minimum Gasteiger partial charge on any atom is -0.409 e. The molecule has 1 unspecified atom stereocenters. The van der Waals surface area contributed by atoms with Gasteiger partial charge in [0.15, 0.2) is 0 Å². The number of benzene rings is 1. The number of amidine groups is 1. The van der Waals surface area contributed by atoms with Gasteiger partial charge in [0.1, 0.15) is 5.84 Å². The molecule has 70 valence electrons. The average molecular weight is 179 g/mol. The second-order valence-corrected chi connectivity index (χ2v) is 2.81. The van der Waals surface area contributed by atoms with E-state index in [1.54, 1.807) is 0 Å². The van der Waals surface area contributed by atoms with Gasteiger partial charge in [-0.05, 0) is 5.56 Å². The zero-order valence-electron chi connectivity index (χ0n) is 7.22. The number of hydrogen-bond donors (Lipinski definition) is 3. The summed E-state index contributed by atoms with van der Waals surface area (Å²) < 4.78 is 0. The zero-order valence-corrected chi connectivity index (χ0v) is 7.22. The third kappa shape index (κ3) is 2.76. The van der Waals surface area contributed by atoms with E-state index >= 15 is 0 Å². The quantitative estimate of drug-likeness (QED) is 0.278. The van der Waals surface area contributed by atoms with Crippen LogP contribution in [0.25, 0.3) is 0 Å². The van der Waals surface area contributed by atoms with Crippen LogP contribution in [0.2, 0.25) is 0 Å². The molecule has 0 heterocycles. The molecule has 1 aromatic carbocycles. The molecule has 0 fully saturated rings. The Morgan fingerprint density at radius 1 is 1.38 bits per heavy atom. The van der Waals surface area contributed by atoms with Crippen LogP contribution < -0.4 is 11.5 Å². The third-order valence-electron chi connectivity index (χ3n) is 1.79. The molecular formula is C9H13N3O. The average Bonchev–Trinajstić information content (AvgIpc) is 2.19. The number of nitrogens with two attached hydrogens (primary N) is 2. The second kappa shape index (κ2) is 4.47. The van der Waals surface area contributed by atoms with Gasteiger partial charge in [0.05, 0.1) is 0 Å². The van der Waals surface area contributed by atoms with E-state index in [1.807, 2.05) is 30.3 Å². The molecule has 0 spiro atoms. The summed E-state index contributed by atoms with van der Waals surface area (Å²) in [6.07, 6.45) is 0.362. The first kappa shape index (κ1) is 9.54.